The molecule has 0 aliphatic carbocycles. The zero-order valence-electron chi connectivity index (χ0n) is 6.28. The molecule has 0 fully saturated rings. The van der Waals surface area contributed by atoms with Crippen LogP contribution in [0.1, 0.15) is 12.1 Å². The van der Waals surface area contributed by atoms with Crippen LogP contribution in [-0.4, -0.2) is 10.9 Å². The highest BCUT2D eigenvalue weighted by molar-refractivity contribution is 7.07. The van der Waals surface area contributed by atoms with E-state index in [1.165, 1.54) is 11.3 Å². The lowest BCUT2D eigenvalue weighted by atomic mass is 10.4. The first-order chi connectivity index (χ1) is 5.83. The van der Waals surface area contributed by atoms with Gasteiger partial charge < -0.3 is 5.32 Å². The maximum atomic E-state index is 10.8. The molecule has 1 N–H and O–H groups in total. The van der Waals surface area contributed by atoms with Gasteiger partial charge in [-0.1, -0.05) is 0 Å². The van der Waals surface area contributed by atoms with Crippen LogP contribution in [0.4, 0.5) is 0 Å². The summed E-state index contributed by atoms with van der Waals surface area (Å²) in [6, 6.07) is 1.77. The predicted molar refractivity (Wildman–Crippen MR) is 44.2 cm³/mol. The van der Waals surface area contributed by atoms with Gasteiger partial charge in [0.05, 0.1) is 23.8 Å². The zero-order chi connectivity index (χ0) is 8.81. The van der Waals surface area contributed by atoms with Gasteiger partial charge in [0.1, 0.15) is 6.42 Å². The molecule has 1 aromatic heterocycles. The molecule has 0 atom stereocenters. The molecule has 0 aromatic carbocycles. The lowest BCUT2D eigenvalue weighted by Crippen LogP contribution is -2.21. The van der Waals surface area contributed by atoms with Crippen LogP contribution in [0.25, 0.3) is 0 Å². The Morgan fingerprint density at radius 2 is 2.67 bits per heavy atom. The molecule has 0 radical (unpaired) electrons. The molecule has 12 heavy (non-hydrogen) atoms. The molecule has 1 rings (SSSR count). The molecule has 0 aliphatic heterocycles. The average molecular weight is 181 g/mol. The lowest BCUT2D eigenvalue weighted by molar-refractivity contribution is -0.120. The number of carbonyl (C=O) groups is 1. The van der Waals surface area contributed by atoms with Crippen LogP contribution >= 0.6 is 11.3 Å². The van der Waals surface area contributed by atoms with Gasteiger partial charge in [-0.05, 0) is 0 Å². The number of nitriles is 1. The lowest BCUT2D eigenvalue weighted by Gasteiger charge is -1.97. The fraction of sp³-hybridized carbons (Fsp3) is 0.286. The van der Waals surface area contributed by atoms with Crippen molar-refractivity contribution in [1.29, 1.82) is 5.26 Å². The van der Waals surface area contributed by atoms with Crippen molar-refractivity contribution >= 4 is 17.2 Å². The Morgan fingerprint density at radius 3 is 3.25 bits per heavy atom. The van der Waals surface area contributed by atoms with Gasteiger partial charge in [0.2, 0.25) is 5.91 Å². The first-order valence-corrected chi connectivity index (χ1v) is 4.28. The number of nitrogens with one attached hydrogen (secondary N) is 1. The summed E-state index contributed by atoms with van der Waals surface area (Å²) in [6.07, 6.45) is -0.0931. The Balaban J connectivity index is 2.28. The summed E-state index contributed by atoms with van der Waals surface area (Å²) in [4.78, 5) is 14.7. The molecule has 1 amide bonds. The Labute approximate surface area is 73.9 Å². The van der Waals surface area contributed by atoms with E-state index in [2.05, 4.69) is 10.3 Å². The van der Waals surface area contributed by atoms with Gasteiger partial charge in [-0.25, -0.2) is 4.98 Å². The second kappa shape index (κ2) is 4.46. The summed E-state index contributed by atoms with van der Waals surface area (Å²) >= 11 is 1.48. The largest absolute Gasteiger partial charge is 0.350 e. The molecule has 0 unspecified atom stereocenters. The van der Waals surface area contributed by atoms with E-state index >= 15 is 0 Å². The first kappa shape index (κ1) is 8.68. The van der Waals surface area contributed by atoms with E-state index in [1.807, 2.05) is 5.38 Å². The van der Waals surface area contributed by atoms with Gasteiger partial charge in [0.15, 0.2) is 0 Å². The van der Waals surface area contributed by atoms with Crippen LogP contribution < -0.4 is 5.32 Å². The number of hydrogen-bond donors (Lipinski definition) is 1. The number of nitrogens with zero attached hydrogens (tertiary/aromatic N) is 2. The van der Waals surface area contributed by atoms with E-state index < -0.39 is 0 Å². The second-order valence-corrected chi connectivity index (χ2v) is 2.81. The summed E-state index contributed by atoms with van der Waals surface area (Å²) in [5, 5.41) is 12.6. The smallest absolute Gasteiger partial charge is 0.234 e. The minimum absolute atomic E-state index is 0.0931. The van der Waals surface area contributed by atoms with Crippen molar-refractivity contribution in [2.24, 2.45) is 0 Å². The maximum Gasteiger partial charge on any atom is 0.234 e. The Morgan fingerprint density at radius 1 is 1.83 bits per heavy atom. The van der Waals surface area contributed by atoms with Crippen LogP contribution in [-0.2, 0) is 11.3 Å². The van der Waals surface area contributed by atoms with E-state index in [9.17, 15) is 4.79 Å². The Hall–Kier alpha value is -1.41. The Kier molecular flexibility index (Phi) is 3.23. The standard InChI is InChI=1S/C7H7N3OS/c8-2-1-7(11)9-3-6-4-12-5-10-6/h4-5H,1,3H2,(H,9,11). The van der Waals surface area contributed by atoms with Gasteiger partial charge in [-0.2, -0.15) is 5.26 Å². The fourth-order valence-corrected chi connectivity index (χ4v) is 1.21. The molecule has 62 valence electrons. The maximum absolute atomic E-state index is 10.8. The highest BCUT2D eigenvalue weighted by atomic mass is 32.1. The van der Waals surface area contributed by atoms with Crippen molar-refractivity contribution in [3.63, 3.8) is 0 Å². The van der Waals surface area contributed by atoms with Crippen molar-refractivity contribution in [3.05, 3.63) is 16.6 Å². The van der Waals surface area contributed by atoms with Crippen LogP contribution in [0.15, 0.2) is 10.9 Å². The highest BCUT2D eigenvalue weighted by Crippen LogP contribution is 1.99. The van der Waals surface area contributed by atoms with Crippen molar-refractivity contribution in [2.45, 2.75) is 13.0 Å². The van der Waals surface area contributed by atoms with Gasteiger partial charge in [-0.3, -0.25) is 4.79 Å². The molecule has 0 saturated heterocycles. The Bertz CT molecular complexity index is 288. The quantitative estimate of drug-likeness (QED) is 0.745. The van der Waals surface area contributed by atoms with Crippen LogP contribution in [0.2, 0.25) is 0 Å². The van der Waals surface area contributed by atoms with Crippen LogP contribution in [0, 0.1) is 11.3 Å². The topological polar surface area (TPSA) is 65.8 Å². The molecule has 0 aliphatic rings. The second-order valence-electron chi connectivity index (χ2n) is 2.09. The summed E-state index contributed by atoms with van der Waals surface area (Å²) in [5.74, 6) is -0.259. The van der Waals surface area contributed by atoms with Crippen molar-refractivity contribution < 1.29 is 4.79 Å². The van der Waals surface area contributed by atoms with E-state index in [0.29, 0.717) is 6.54 Å². The van der Waals surface area contributed by atoms with E-state index in [0.717, 1.165) is 5.69 Å². The molecular formula is C7H7N3OS. The number of thiazole rings is 1. The van der Waals surface area contributed by atoms with Gasteiger partial charge in [-0.15, -0.1) is 11.3 Å². The fourth-order valence-electron chi connectivity index (χ4n) is 0.648. The number of rotatable bonds is 3. The SMILES string of the molecule is N#CCC(=O)NCc1cscn1. The minimum atomic E-state index is -0.259. The van der Waals surface area contributed by atoms with Crippen LogP contribution in [0.5, 0.6) is 0 Å². The molecule has 5 heteroatoms. The number of hydrogen-bond acceptors (Lipinski definition) is 4. The van der Waals surface area contributed by atoms with Gasteiger partial charge >= 0.3 is 0 Å². The number of aromatic nitrogens is 1. The molecule has 0 bridgehead atoms. The van der Waals surface area contributed by atoms with Crippen molar-refractivity contribution in [1.82, 2.24) is 10.3 Å². The van der Waals surface area contributed by atoms with Gasteiger partial charge in [0, 0.05) is 5.38 Å². The summed E-state index contributed by atoms with van der Waals surface area (Å²) < 4.78 is 0. The minimum Gasteiger partial charge on any atom is -0.350 e. The molecule has 0 spiro atoms. The molecule has 4 nitrogen and oxygen atoms in total. The molecule has 0 saturated carbocycles. The molecule has 1 aromatic rings. The van der Waals surface area contributed by atoms with Crippen molar-refractivity contribution in [3.8, 4) is 6.07 Å². The number of carbonyl (C=O) groups excluding carboxylic acids is 1. The summed E-state index contributed by atoms with van der Waals surface area (Å²) in [5.41, 5.74) is 2.53. The first-order valence-electron chi connectivity index (χ1n) is 3.33. The summed E-state index contributed by atoms with van der Waals surface area (Å²) in [6.45, 7) is 0.407. The predicted octanol–water partition coefficient (Wildman–Crippen LogP) is 0.673. The average Bonchev–Trinajstić information content (AvgIpc) is 2.53. The van der Waals surface area contributed by atoms with E-state index in [4.69, 9.17) is 5.26 Å². The highest BCUT2D eigenvalue weighted by Gasteiger charge is 1.99. The van der Waals surface area contributed by atoms with Crippen LogP contribution in [0.3, 0.4) is 0 Å². The third-order valence-electron chi connectivity index (χ3n) is 1.19. The normalized spacial score (nSPS) is 8.92. The third kappa shape index (κ3) is 2.68. The summed E-state index contributed by atoms with van der Waals surface area (Å²) in [7, 11) is 0. The third-order valence-corrected chi connectivity index (χ3v) is 1.83. The number of amides is 1. The van der Waals surface area contributed by atoms with E-state index in [-0.39, 0.29) is 12.3 Å². The zero-order valence-corrected chi connectivity index (χ0v) is 7.10. The van der Waals surface area contributed by atoms with Crippen molar-refractivity contribution in [2.75, 3.05) is 0 Å². The van der Waals surface area contributed by atoms with E-state index in [1.54, 1.807) is 11.6 Å². The molecule has 1 heterocycles. The van der Waals surface area contributed by atoms with Gasteiger partial charge in [0.25, 0.3) is 0 Å². The monoisotopic (exact) mass is 181 g/mol. The molecular weight excluding hydrogens is 174 g/mol.